The fraction of sp³-hybridized carbons (Fsp3) is 0.341. The molecule has 47 heavy (non-hydrogen) atoms. The van der Waals surface area contributed by atoms with Crippen LogP contribution in [0.3, 0.4) is 0 Å². The summed E-state index contributed by atoms with van der Waals surface area (Å²) in [7, 11) is 0. The smallest absolute Gasteiger partial charge is 0.255 e. The molecule has 4 aromatic carbocycles. The standard InChI is InChI=1S/C41H41N3O3/c1-2-44(24-26-12-13-26)34-22-29-18-19-31(40(45)42-21-20-25-14-16-28(17-15-25)27-8-4-3-5-9-27)38-35(29)36-39(47-38)37-32(23-41(34,36)46)30-10-6-7-11-33(30)43-37/h3-11,14-19,26,34,36,39,43,46H,2,12-13,20-24H2,1H3,(H,42,45)/t34-,36?,39-,41-/m1/s1. The third-order valence-electron chi connectivity index (χ3n) is 11.3. The van der Waals surface area contributed by atoms with Crippen molar-refractivity contribution in [1.82, 2.24) is 15.2 Å². The molecule has 1 aliphatic heterocycles. The molecule has 3 N–H and O–H groups in total. The minimum absolute atomic E-state index is 0.0163. The number of H-pyrrole nitrogens is 1. The van der Waals surface area contributed by atoms with Crippen LogP contribution in [0.5, 0.6) is 5.75 Å². The molecule has 4 aliphatic rings. The zero-order chi connectivity index (χ0) is 31.7. The first-order chi connectivity index (χ1) is 23.0. The van der Waals surface area contributed by atoms with Crippen LogP contribution < -0.4 is 10.1 Å². The van der Waals surface area contributed by atoms with Crippen LogP contribution in [-0.4, -0.2) is 52.2 Å². The molecule has 4 atom stereocenters. The number of hydrogen-bond donors (Lipinski definition) is 3. The van der Waals surface area contributed by atoms with E-state index in [1.807, 2.05) is 18.2 Å². The number of benzene rings is 4. The molecule has 0 spiro atoms. The number of nitrogens with one attached hydrogen (secondary N) is 2. The van der Waals surface area contributed by atoms with Gasteiger partial charge >= 0.3 is 0 Å². The maximum absolute atomic E-state index is 13.8. The Kier molecular flexibility index (Phi) is 6.81. The molecule has 2 heterocycles. The van der Waals surface area contributed by atoms with E-state index in [9.17, 15) is 9.90 Å². The van der Waals surface area contributed by atoms with Crippen LogP contribution in [0.4, 0.5) is 0 Å². The first kappa shape index (κ1) is 28.8. The highest BCUT2D eigenvalue weighted by molar-refractivity contribution is 5.98. The van der Waals surface area contributed by atoms with Gasteiger partial charge in [-0.3, -0.25) is 9.69 Å². The van der Waals surface area contributed by atoms with Crippen LogP contribution in [0.2, 0.25) is 0 Å². The van der Waals surface area contributed by atoms with Crippen molar-refractivity contribution >= 4 is 16.8 Å². The number of aliphatic hydroxyl groups is 1. The Morgan fingerprint density at radius 3 is 2.53 bits per heavy atom. The van der Waals surface area contributed by atoms with Crippen molar-refractivity contribution in [2.24, 2.45) is 5.92 Å². The molecule has 6 heteroatoms. The number of aromatic nitrogens is 1. The molecule has 9 rings (SSSR count). The molecular formula is C41H41N3O3. The highest BCUT2D eigenvalue weighted by atomic mass is 16.5. The normalized spacial score (nSPS) is 23.8. The van der Waals surface area contributed by atoms with Gasteiger partial charge in [0.25, 0.3) is 5.91 Å². The summed E-state index contributed by atoms with van der Waals surface area (Å²) in [6, 6.07) is 31.3. The van der Waals surface area contributed by atoms with Crippen LogP contribution >= 0.6 is 0 Å². The van der Waals surface area contributed by atoms with Gasteiger partial charge in [0.15, 0.2) is 0 Å². The fourth-order valence-corrected chi connectivity index (χ4v) is 8.77. The van der Waals surface area contributed by atoms with Crippen LogP contribution in [0.25, 0.3) is 22.0 Å². The third-order valence-corrected chi connectivity index (χ3v) is 11.3. The lowest BCUT2D eigenvalue weighted by atomic mass is 9.61. The summed E-state index contributed by atoms with van der Waals surface area (Å²) in [4.78, 5) is 20.0. The maximum atomic E-state index is 13.8. The number of fused-ring (bicyclic) bond motifs is 4. The highest BCUT2D eigenvalue weighted by Crippen LogP contribution is 2.62. The molecule has 0 radical (unpaired) electrons. The molecule has 6 nitrogen and oxygen atoms in total. The number of amides is 1. The molecule has 5 aromatic rings. The van der Waals surface area contributed by atoms with Gasteiger partial charge in [-0.1, -0.05) is 85.8 Å². The topological polar surface area (TPSA) is 77.6 Å². The van der Waals surface area contributed by atoms with E-state index in [1.54, 1.807) is 0 Å². The highest BCUT2D eigenvalue weighted by Gasteiger charge is 2.62. The van der Waals surface area contributed by atoms with Gasteiger partial charge in [-0.15, -0.1) is 0 Å². The number of aromatic amines is 1. The summed E-state index contributed by atoms with van der Waals surface area (Å²) < 4.78 is 6.88. The SMILES string of the molecule is CCN(CC1CC1)[C@@H]1Cc2ccc(C(=O)NCCc3ccc(-c4ccccc4)cc3)c3c2C2[C@@H](O3)c3[nH]c4ccccc4c3C[C@]21O. The lowest BCUT2D eigenvalue weighted by Gasteiger charge is -2.52. The van der Waals surface area contributed by atoms with Gasteiger partial charge in [0, 0.05) is 42.0 Å². The lowest BCUT2D eigenvalue weighted by Crippen LogP contribution is -2.62. The van der Waals surface area contributed by atoms with Crippen molar-refractivity contribution in [2.75, 3.05) is 19.6 Å². The zero-order valence-corrected chi connectivity index (χ0v) is 26.8. The predicted octanol–water partition coefficient (Wildman–Crippen LogP) is 6.97. The summed E-state index contributed by atoms with van der Waals surface area (Å²) in [6.07, 6.45) is 4.25. The van der Waals surface area contributed by atoms with Crippen molar-refractivity contribution in [3.05, 3.63) is 125 Å². The van der Waals surface area contributed by atoms with Crippen molar-refractivity contribution in [3.63, 3.8) is 0 Å². The Morgan fingerprint density at radius 2 is 1.74 bits per heavy atom. The van der Waals surface area contributed by atoms with Gasteiger partial charge in [0.05, 0.1) is 22.8 Å². The van der Waals surface area contributed by atoms with Crippen LogP contribution in [0, 0.1) is 5.92 Å². The summed E-state index contributed by atoms with van der Waals surface area (Å²) in [5, 5.41) is 17.3. The van der Waals surface area contributed by atoms with Gasteiger partial charge in [-0.2, -0.15) is 0 Å². The molecule has 1 saturated carbocycles. The van der Waals surface area contributed by atoms with Gasteiger partial charge in [-0.05, 0) is 78.1 Å². The molecule has 238 valence electrons. The molecule has 1 aromatic heterocycles. The number of para-hydroxylation sites is 1. The Balaban J connectivity index is 1.02. The van der Waals surface area contributed by atoms with Crippen molar-refractivity contribution in [1.29, 1.82) is 0 Å². The van der Waals surface area contributed by atoms with Crippen molar-refractivity contribution < 1.29 is 14.6 Å². The van der Waals surface area contributed by atoms with Gasteiger partial charge in [0.1, 0.15) is 11.9 Å². The summed E-state index contributed by atoms with van der Waals surface area (Å²) in [5.74, 6) is 1.01. The van der Waals surface area contributed by atoms with E-state index in [0.717, 1.165) is 59.6 Å². The minimum Gasteiger partial charge on any atom is -0.482 e. The largest absolute Gasteiger partial charge is 0.482 e. The van der Waals surface area contributed by atoms with Gasteiger partial charge in [-0.25, -0.2) is 0 Å². The Morgan fingerprint density at radius 1 is 0.979 bits per heavy atom. The maximum Gasteiger partial charge on any atom is 0.255 e. The number of carbonyl (C=O) groups is 1. The van der Waals surface area contributed by atoms with E-state index < -0.39 is 5.60 Å². The quantitative estimate of drug-likeness (QED) is 0.166. The van der Waals surface area contributed by atoms with Gasteiger partial charge in [0.2, 0.25) is 0 Å². The summed E-state index contributed by atoms with van der Waals surface area (Å²) in [6.45, 7) is 4.68. The van der Waals surface area contributed by atoms with Crippen LogP contribution in [-0.2, 0) is 19.3 Å². The molecule has 1 unspecified atom stereocenters. The summed E-state index contributed by atoms with van der Waals surface area (Å²) in [5.41, 5.74) is 8.60. The second-order valence-electron chi connectivity index (χ2n) is 14.1. The first-order valence-electron chi connectivity index (χ1n) is 17.3. The van der Waals surface area contributed by atoms with Gasteiger partial charge < -0.3 is 20.1 Å². The molecule has 0 bridgehead atoms. The molecule has 3 aliphatic carbocycles. The number of ether oxygens (including phenoxy) is 1. The molecule has 1 amide bonds. The van der Waals surface area contributed by atoms with Crippen molar-refractivity contribution in [2.45, 2.75) is 62.7 Å². The Labute approximate surface area is 275 Å². The Hall–Kier alpha value is -4.39. The monoisotopic (exact) mass is 623 g/mol. The van der Waals surface area contributed by atoms with E-state index in [4.69, 9.17) is 4.74 Å². The number of likely N-dealkylation sites (N-methyl/N-ethyl adjacent to an activating group) is 1. The average molecular weight is 624 g/mol. The first-order valence-corrected chi connectivity index (χ1v) is 17.3. The van der Waals surface area contributed by atoms with E-state index >= 15 is 0 Å². The second kappa shape index (κ2) is 11.1. The van der Waals surface area contributed by atoms with Crippen LogP contribution in [0.1, 0.15) is 70.1 Å². The number of hydrogen-bond acceptors (Lipinski definition) is 4. The molecule has 1 fully saturated rings. The molecular weight excluding hydrogens is 582 g/mol. The van der Waals surface area contributed by atoms with E-state index in [1.165, 1.54) is 35.1 Å². The summed E-state index contributed by atoms with van der Waals surface area (Å²) >= 11 is 0. The predicted molar refractivity (Wildman–Crippen MR) is 185 cm³/mol. The van der Waals surface area contributed by atoms with E-state index in [2.05, 4.69) is 94.9 Å². The fourth-order valence-electron chi connectivity index (χ4n) is 8.77. The average Bonchev–Trinajstić information content (AvgIpc) is 3.71. The van der Waals surface area contributed by atoms with Crippen molar-refractivity contribution in [3.8, 4) is 16.9 Å². The van der Waals surface area contributed by atoms with E-state index in [0.29, 0.717) is 24.3 Å². The minimum atomic E-state index is -1.01. The van der Waals surface area contributed by atoms with Crippen LogP contribution in [0.15, 0.2) is 91.0 Å². The third kappa shape index (κ3) is 4.72. The Bertz CT molecular complexity index is 1980. The number of rotatable bonds is 9. The zero-order valence-electron chi connectivity index (χ0n) is 26.8. The number of nitrogens with zero attached hydrogens (tertiary/aromatic N) is 1. The molecule has 0 saturated heterocycles. The number of carbonyl (C=O) groups excluding carboxylic acids is 1. The lowest BCUT2D eigenvalue weighted by molar-refractivity contribution is -0.0964. The van der Waals surface area contributed by atoms with E-state index in [-0.39, 0.29) is 24.0 Å². The second-order valence-corrected chi connectivity index (χ2v) is 14.1.